The summed E-state index contributed by atoms with van der Waals surface area (Å²) in [5.74, 6) is 0. The van der Waals surface area contributed by atoms with Gasteiger partial charge in [-0.05, 0) is 23.1 Å². The average molecular weight is 180 g/mol. The van der Waals surface area contributed by atoms with E-state index in [4.69, 9.17) is 5.73 Å². The zero-order valence-electron chi connectivity index (χ0n) is 6.91. The molecule has 0 atom stereocenters. The van der Waals surface area contributed by atoms with E-state index in [-0.39, 0.29) is 0 Å². The normalized spacial score (nSPS) is 11.3. The summed E-state index contributed by atoms with van der Waals surface area (Å²) in [6.45, 7) is 0. The fourth-order valence-electron chi connectivity index (χ4n) is 0.929. The van der Waals surface area contributed by atoms with Crippen LogP contribution in [0.25, 0.3) is 5.70 Å². The Bertz CT molecular complexity index is 294. The summed E-state index contributed by atoms with van der Waals surface area (Å²) in [6, 6.07) is 7.85. The first kappa shape index (κ1) is 9.00. The highest BCUT2D eigenvalue weighted by atomic mass is 32.1. The minimum Gasteiger partial charge on any atom is -0.398 e. The van der Waals surface area contributed by atoms with Crippen LogP contribution in [-0.2, 0) is 0 Å². The van der Waals surface area contributed by atoms with Crippen LogP contribution in [0.1, 0.15) is 5.56 Å². The Balaban J connectivity index is 3.02. The molecule has 12 heavy (non-hydrogen) atoms. The van der Waals surface area contributed by atoms with Crippen LogP contribution in [0.3, 0.4) is 0 Å². The molecule has 1 aromatic rings. The number of benzene rings is 1. The summed E-state index contributed by atoms with van der Waals surface area (Å²) in [5, 5.41) is 4.63. The molecule has 0 aromatic heterocycles. The number of nitrogens with one attached hydrogen (secondary N) is 1. The summed E-state index contributed by atoms with van der Waals surface area (Å²) < 4.78 is 0. The van der Waals surface area contributed by atoms with Crippen LogP contribution in [0.4, 0.5) is 5.69 Å². The van der Waals surface area contributed by atoms with E-state index < -0.39 is 0 Å². The smallest absolute Gasteiger partial charge is 0.0449 e. The number of rotatable bonds is 2. The van der Waals surface area contributed by atoms with Crippen molar-refractivity contribution in [3.8, 4) is 0 Å². The van der Waals surface area contributed by atoms with Gasteiger partial charge in [-0.2, -0.15) is 0 Å². The molecule has 0 saturated carbocycles. The zero-order valence-corrected chi connectivity index (χ0v) is 7.81. The maximum Gasteiger partial charge on any atom is 0.0449 e. The minimum atomic E-state index is 0.676. The van der Waals surface area contributed by atoms with E-state index in [1.54, 1.807) is 5.41 Å². The second kappa shape index (κ2) is 4.07. The Morgan fingerprint density at radius 1 is 1.58 bits per heavy atom. The summed E-state index contributed by atoms with van der Waals surface area (Å²) in [6.07, 6.45) is 0. The van der Waals surface area contributed by atoms with E-state index >= 15 is 0 Å². The third-order valence-electron chi connectivity index (χ3n) is 1.62. The number of hydrogen-bond acceptors (Lipinski definition) is 3. The van der Waals surface area contributed by atoms with Crippen LogP contribution in [-0.4, -0.2) is 7.05 Å². The molecular formula is C9H12N2S. The first-order valence-electron chi connectivity index (χ1n) is 3.66. The van der Waals surface area contributed by atoms with Gasteiger partial charge in [0.1, 0.15) is 0 Å². The Hall–Kier alpha value is -1.09. The SMILES string of the molecule is CNc1cccc(/C(N)=C/S)c1. The number of nitrogens with two attached hydrogens (primary N) is 1. The van der Waals surface area contributed by atoms with Crippen LogP contribution < -0.4 is 11.1 Å². The van der Waals surface area contributed by atoms with Gasteiger partial charge in [0.25, 0.3) is 0 Å². The predicted molar refractivity (Wildman–Crippen MR) is 57.1 cm³/mol. The highest BCUT2D eigenvalue weighted by molar-refractivity contribution is 7.83. The quantitative estimate of drug-likeness (QED) is 0.608. The Morgan fingerprint density at radius 2 is 2.33 bits per heavy atom. The van der Waals surface area contributed by atoms with Crippen molar-refractivity contribution in [2.24, 2.45) is 5.73 Å². The van der Waals surface area contributed by atoms with Gasteiger partial charge < -0.3 is 11.1 Å². The number of hydrogen-bond donors (Lipinski definition) is 3. The maximum atomic E-state index is 5.67. The lowest BCUT2D eigenvalue weighted by Crippen LogP contribution is -1.96. The van der Waals surface area contributed by atoms with E-state index in [0.717, 1.165) is 11.3 Å². The van der Waals surface area contributed by atoms with Crippen molar-refractivity contribution < 1.29 is 0 Å². The highest BCUT2D eigenvalue weighted by Gasteiger charge is 1.95. The maximum absolute atomic E-state index is 5.67. The van der Waals surface area contributed by atoms with Crippen LogP contribution >= 0.6 is 12.6 Å². The molecule has 0 aliphatic rings. The van der Waals surface area contributed by atoms with Gasteiger partial charge in [0.2, 0.25) is 0 Å². The molecule has 3 N–H and O–H groups in total. The van der Waals surface area contributed by atoms with Crippen molar-refractivity contribution in [1.82, 2.24) is 0 Å². The van der Waals surface area contributed by atoms with Crippen molar-refractivity contribution in [3.05, 3.63) is 35.2 Å². The molecule has 0 unspecified atom stereocenters. The first-order valence-corrected chi connectivity index (χ1v) is 4.17. The Labute approximate surface area is 77.9 Å². The van der Waals surface area contributed by atoms with Crippen molar-refractivity contribution in [1.29, 1.82) is 0 Å². The third kappa shape index (κ3) is 1.95. The van der Waals surface area contributed by atoms with Crippen molar-refractivity contribution in [2.45, 2.75) is 0 Å². The summed E-state index contributed by atoms with van der Waals surface area (Å²) in [7, 11) is 1.87. The lowest BCUT2D eigenvalue weighted by atomic mass is 10.1. The van der Waals surface area contributed by atoms with Gasteiger partial charge in [-0.15, -0.1) is 12.6 Å². The fourth-order valence-corrected chi connectivity index (χ4v) is 1.08. The van der Waals surface area contributed by atoms with Crippen LogP contribution in [0, 0.1) is 0 Å². The molecule has 0 amide bonds. The van der Waals surface area contributed by atoms with Crippen LogP contribution in [0.15, 0.2) is 29.7 Å². The largest absolute Gasteiger partial charge is 0.398 e. The van der Waals surface area contributed by atoms with Gasteiger partial charge in [-0.25, -0.2) is 0 Å². The van der Waals surface area contributed by atoms with Crippen LogP contribution in [0.2, 0.25) is 0 Å². The molecule has 3 heteroatoms. The highest BCUT2D eigenvalue weighted by Crippen LogP contribution is 2.14. The fraction of sp³-hybridized carbons (Fsp3) is 0.111. The molecule has 0 heterocycles. The average Bonchev–Trinajstić information content (AvgIpc) is 2.17. The Kier molecular flexibility index (Phi) is 3.05. The molecule has 0 fully saturated rings. The molecule has 0 radical (unpaired) electrons. The summed E-state index contributed by atoms with van der Waals surface area (Å²) in [5.41, 5.74) is 8.38. The lowest BCUT2D eigenvalue weighted by Gasteiger charge is -2.03. The summed E-state index contributed by atoms with van der Waals surface area (Å²) in [4.78, 5) is 0. The second-order valence-corrected chi connectivity index (χ2v) is 2.67. The van der Waals surface area contributed by atoms with Crippen molar-refractivity contribution in [3.63, 3.8) is 0 Å². The minimum absolute atomic E-state index is 0.676. The molecule has 0 saturated heterocycles. The van der Waals surface area contributed by atoms with E-state index in [9.17, 15) is 0 Å². The molecule has 1 rings (SSSR count). The molecule has 0 aliphatic carbocycles. The predicted octanol–water partition coefficient (Wildman–Crippen LogP) is 1.92. The van der Waals surface area contributed by atoms with Gasteiger partial charge >= 0.3 is 0 Å². The van der Waals surface area contributed by atoms with E-state index in [0.29, 0.717) is 5.70 Å². The lowest BCUT2D eigenvalue weighted by molar-refractivity contribution is 1.47. The van der Waals surface area contributed by atoms with E-state index in [1.807, 2.05) is 31.3 Å². The van der Waals surface area contributed by atoms with Crippen molar-refractivity contribution in [2.75, 3.05) is 12.4 Å². The molecular weight excluding hydrogens is 168 g/mol. The van der Waals surface area contributed by atoms with E-state index in [2.05, 4.69) is 17.9 Å². The molecule has 64 valence electrons. The molecule has 0 bridgehead atoms. The van der Waals surface area contributed by atoms with Gasteiger partial charge in [-0.3, -0.25) is 0 Å². The van der Waals surface area contributed by atoms with Crippen molar-refractivity contribution >= 4 is 24.0 Å². The van der Waals surface area contributed by atoms with Crippen LogP contribution in [0.5, 0.6) is 0 Å². The van der Waals surface area contributed by atoms with E-state index in [1.165, 1.54) is 0 Å². The monoisotopic (exact) mass is 180 g/mol. The van der Waals surface area contributed by atoms with Gasteiger partial charge in [-0.1, -0.05) is 12.1 Å². The second-order valence-electron chi connectivity index (χ2n) is 2.42. The molecule has 2 nitrogen and oxygen atoms in total. The topological polar surface area (TPSA) is 38.0 Å². The first-order chi connectivity index (χ1) is 5.77. The third-order valence-corrected chi connectivity index (χ3v) is 1.90. The standard InChI is InChI=1S/C9H12N2S/c1-11-8-4-2-3-7(5-8)9(10)6-12/h2-6,11-12H,10H2,1H3/b9-6-. The molecule has 0 spiro atoms. The Morgan fingerprint density at radius 3 is 2.92 bits per heavy atom. The van der Waals surface area contributed by atoms with Gasteiger partial charge in [0.05, 0.1) is 0 Å². The molecule has 1 aromatic carbocycles. The van der Waals surface area contributed by atoms with Gasteiger partial charge in [0.15, 0.2) is 0 Å². The molecule has 0 aliphatic heterocycles. The zero-order chi connectivity index (χ0) is 8.97. The summed E-state index contributed by atoms with van der Waals surface area (Å²) >= 11 is 3.98. The number of thiol groups is 1. The number of anilines is 1. The van der Waals surface area contributed by atoms with Gasteiger partial charge in [0, 0.05) is 18.4 Å².